The van der Waals surface area contributed by atoms with Crippen LogP contribution in [0.15, 0.2) is 138 Å². The van der Waals surface area contributed by atoms with E-state index in [9.17, 15) is 0 Å². The van der Waals surface area contributed by atoms with Gasteiger partial charge in [-0.15, -0.1) is 0 Å². The van der Waals surface area contributed by atoms with E-state index >= 15 is 0 Å². The summed E-state index contributed by atoms with van der Waals surface area (Å²) in [6.45, 7) is 4.00. The van der Waals surface area contributed by atoms with Crippen LogP contribution in [0.1, 0.15) is 13.8 Å². The van der Waals surface area contributed by atoms with Gasteiger partial charge in [0, 0.05) is 32.6 Å². The Kier molecular flexibility index (Phi) is 5.94. The van der Waals surface area contributed by atoms with Crippen molar-refractivity contribution < 1.29 is 4.42 Å². The van der Waals surface area contributed by atoms with Crippen LogP contribution in [0.5, 0.6) is 0 Å². The zero-order valence-corrected chi connectivity index (χ0v) is 22.6. The van der Waals surface area contributed by atoms with Gasteiger partial charge in [0.1, 0.15) is 11.2 Å². The third-order valence-electron chi connectivity index (χ3n) is 7.60. The van der Waals surface area contributed by atoms with E-state index in [0.29, 0.717) is 0 Å². The molecule has 0 bridgehead atoms. The van der Waals surface area contributed by atoms with Gasteiger partial charge in [-0.3, -0.25) is 0 Å². The number of aromatic amines is 1. The number of hydrogen-bond donors (Lipinski definition) is 1. The second-order valence-electron chi connectivity index (χ2n) is 9.87. The van der Waals surface area contributed by atoms with Gasteiger partial charge >= 0.3 is 0 Å². The summed E-state index contributed by atoms with van der Waals surface area (Å²) in [7, 11) is 0. The summed E-state index contributed by atoms with van der Waals surface area (Å²) < 4.78 is 6.10. The lowest BCUT2D eigenvalue weighted by Gasteiger charge is -2.12. The van der Waals surface area contributed by atoms with E-state index in [2.05, 4.69) is 126 Å². The number of H-pyrrole nitrogens is 1. The Morgan fingerprint density at radius 3 is 1.93 bits per heavy atom. The van der Waals surface area contributed by atoms with Crippen molar-refractivity contribution in [1.82, 2.24) is 4.98 Å². The number of para-hydroxylation sites is 3. The molecular formula is C38H29NO. The molecule has 0 atom stereocenters. The maximum Gasteiger partial charge on any atom is 0.135 e. The molecule has 0 spiro atoms. The highest BCUT2D eigenvalue weighted by Gasteiger charge is 2.14. The Bertz CT molecular complexity index is 2130. The lowest BCUT2D eigenvalue weighted by molar-refractivity contribution is 0.669. The molecule has 0 radical (unpaired) electrons. The fourth-order valence-electron chi connectivity index (χ4n) is 5.77. The molecule has 0 aliphatic heterocycles. The molecule has 192 valence electrons. The monoisotopic (exact) mass is 515 g/mol. The van der Waals surface area contributed by atoms with E-state index in [0.717, 1.165) is 27.5 Å². The highest BCUT2D eigenvalue weighted by Crippen LogP contribution is 2.39. The smallest absolute Gasteiger partial charge is 0.135 e. The molecule has 6 aromatic carbocycles. The molecule has 0 saturated heterocycles. The van der Waals surface area contributed by atoms with Gasteiger partial charge in [-0.1, -0.05) is 105 Å². The summed E-state index contributed by atoms with van der Waals surface area (Å²) >= 11 is 0. The summed E-state index contributed by atoms with van der Waals surface area (Å²) in [5.74, 6) is 0. The Labute approximate surface area is 233 Å². The maximum absolute atomic E-state index is 6.10. The molecular weight excluding hydrogens is 486 g/mol. The van der Waals surface area contributed by atoms with Crippen LogP contribution >= 0.6 is 0 Å². The first-order valence-corrected chi connectivity index (χ1v) is 13.9. The third-order valence-corrected chi connectivity index (χ3v) is 7.60. The predicted molar refractivity (Wildman–Crippen MR) is 171 cm³/mol. The Morgan fingerprint density at radius 1 is 0.425 bits per heavy atom. The maximum atomic E-state index is 6.10. The molecule has 0 unspecified atom stereocenters. The SMILES string of the molecule is CC.c1ccc(-c2cc(-c3ccc4oc5ccccc5c4c3)cc(-c3cccc4c3[nH]c3ccccc34)c2)cc1. The first-order chi connectivity index (χ1) is 19.8. The average Bonchev–Trinajstić information content (AvgIpc) is 3.60. The second kappa shape index (κ2) is 9.91. The van der Waals surface area contributed by atoms with Crippen LogP contribution in [-0.4, -0.2) is 4.98 Å². The van der Waals surface area contributed by atoms with Crippen molar-refractivity contribution >= 4 is 43.7 Å². The second-order valence-corrected chi connectivity index (χ2v) is 9.87. The van der Waals surface area contributed by atoms with E-state index in [1.165, 1.54) is 49.7 Å². The number of rotatable bonds is 3. The number of nitrogens with one attached hydrogen (secondary N) is 1. The fourth-order valence-corrected chi connectivity index (χ4v) is 5.77. The highest BCUT2D eigenvalue weighted by atomic mass is 16.3. The van der Waals surface area contributed by atoms with Gasteiger partial charge in [0.15, 0.2) is 0 Å². The Hall–Kier alpha value is -5.08. The zero-order chi connectivity index (χ0) is 27.1. The molecule has 0 fully saturated rings. The van der Waals surface area contributed by atoms with E-state index in [1.807, 2.05) is 26.0 Å². The van der Waals surface area contributed by atoms with E-state index in [1.54, 1.807) is 0 Å². The average molecular weight is 516 g/mol. The topological polar surface area (TPSA) is 28.9 Å². The summed E-state index contributed by atoms with van der Waals surface area (Å²) in [5, 5.41) is 4.78. The van der Waals surface area contributed by atoms with Gasteiger partial charge in [-0.25, -0.2) is 0 Å². The molecule has 2 heterocycles. The van der Waals surface area contributed by atoms with Crippen LogP contribution in [0.2, 0.25) is 0 Å². The Morgan fingerprint density at radius 2 is 1.07 bits per heavy atom. The van der Waals surface area contributed by atoms with Crippen molar-refractivity contribution in [3.8, 4) is 33.4 Å². The molecule has 2 aromatic heterocycles. The minimum absolute atomic E-state index is 0.914. The van der Waals surface area contributed by atoms with Crippen LogP contribution < -0.4 is 0 Å². The van der Waals surface area contributed by atoms with Crippen molar-refractivity contribution in [3.05, 3.63) is 133 Å². The van der Waals surface area contributed by atoms with Crippen LogP contribution in [0.25, 0.3) is 77.1 Å². The van der Waals surface area contributed by atoms with Crippen molar-refractivity contribution in [1.29, 1.82) is 0 Å². The zero-order valence-electron chi connectivity index (χ0n) is 22.6. The molecule has 0 aliphatic rings. The molecule has 0 saturated carbocycles. The minimum atomic E-state index is 0.914. The number of aromatic nitrogens is 1. The van der Waals surface area contributed by atoms with Gasteiger partial charge in [0.25, 0.3) is 0 Å². The molecule has 2 nitrogen and oxygen atoms in total. The van der Waals surface area contributed by atoms with E-state index in [4.69, 9.17) is 4.42 Å². The minimum Gasteiger partial charge on any atom is -0.456 e. The van der Waals surface area contributed by atoms with E-state index in [-0.39, 0.29) is 0 Å². The van der Waals surface area contributed by atoms with Gasteiger partial charge in [0.05, 0.1) is 5.52 Å². The van der Waals surface area contributed by atoms with E-state index < -0.39 is 0 Å². The molecule has 1 N–H and O–H groups in total. The lowest BCUT2D eigenvalue weighted by atomic mass is 9.92. The van der Waals surface area contributed by atoms with Crippen molar-refractivity contribution in [3.63, 3.8) is 0 Å². The van der Waals surface area contributed by atoms with Gasteiger partial charge < -0.3 is 9.40 Å². The molecule has 2 heteroatoms. The van der Waals surface area contributed by atoms with Crippen LogP contribution in [0.3, 0.4) is 0 Å². The number of fused-ring (bicyclic) bond motifs is 6. The molecule has 40 heavy (non-hydrogen) atoms. The third kappa shape index (κ3) is 3.97. The standard InChI is InChI=1S/C36H23NO.C2H6/c1-2-9-23(10-3-1)25-19-26(24-17-18-35-32(22-24)30-12-5-7-16-34(30)38-35)21-27(20-25)28-13-8-14-31-29-11-4-6-15-33(29)37-36(28)31;1-2/h1-22,37H;1-2H3. The van der Waals surface area contributed by atoms with Crippen molar-refractivity contribution in [2.75, 3.05) is 0 Å². The summed E-state index contributed by atoms with van der Waals surface area (Å²) in [6, 6.07) is 47.4. The van der Waals surface area contributed by atoms with Crippen LogP contribution in [0, 0.1) is 0 Å². The number of benzene rings is 6. The van der Waals surface area contributed by atoms with Gasteiger partial charge in [-0.05, 0) is 70.3 Å². The fraction of sp³-hybridized carbons (Fsp3) is 0.0526. The van der Waals surface area contributed by atoms with Crippen molar-refractivity contribution in [2.45, 2.75) is 13.8 Å². The van der Waals surface area contributed by atoms with Crippen LogP contribution in [0.4, 0.5) is 0 Å². The first kappa shape index (κ1) is 24.0. The summed E-state index contributed by atoms with van der Waals surface area (Å²) in [5.41, 5.74) is 11.3. The molecule has 0 amide bonds. The normalized spacial score (nSPS) is 11.2. The van der Waals surface area contributed by atoms with Gasteiger partial charge in [0.2, 0.25) is 0 Å². The highest BCUT2D eigenvalue weighted by molar-refractivity contribution is 6.12. The molecule has 8 rings (SSSR count). The van der Waals surface area contributed by atoms with Crippen LogP contribution in [-0.2, 0) is 0 Å². The predicted octanol–water partition coefficient (Wildman–Crippen LogP) is 11.2. The quantitative estimate of drug-likeness (QED) is 0.249. The van der Waals surface area contributed by atoms with Gasteiger partial charge in [-0.2, -0.15) is 0 Å². The number of hydrogen-bond acceptors (Lipinski definition) is 1. The molecule has 0 aliphatic carbocycles. The van der Waals surface area contributed by atoms with Crippen molar-refractivity contribution in [2.24, 2.45) is 0 Å². The number of furan rings is 1. The Balaban J connectivity index is 0.00000130. The lowest BCUT2D eigenvalue weighted by Crippen LogP contribution is -1.87. The summed E-state index contributed by atoms with van der Waals surface area (Å²) in [4.78, 5) is 3.69. The molecule has 8 aromatic rings. The largest absolute Gasteiger partial charge is 0.456 e. The summed E-state index contributed by atoms with van der Waals surface area (Å²) in [6.07, 6.45) is 0. The first-order valence-electron chi connectivity index (χ1n) is 13.9.